The van der Waals surface area contributed by atoms with Gasteiger partial charge in [-0.05, 0) is 50.2 Å². The predicted octanol–water partition coefficient (Wildman–Crippen LogP) is 3.97. The molecule has 0 atom stereocenters. The van der Waals surface area contributed by atoms with Crippen molar-refractivity contribution in [2.45, 2.75) is 19.3 Å². The van der Waals surface area contributed by atoms with E-state index in [0.29, 0.717) is 17.4 Å². The number of fused-ring (bicyclic) bond motifs is 1. The molecule has 4 aromatic rings. The van der Waals surface area contributed by atoms with Crippen molar-refractivity contribution in [3.63, 3.8) is 0 Å². The standard InChI is InChI=1S/C25H29N7O/c1-33-20-12-10-19(11-13-20)32-23(26)21-22(18-8-4-2-5-9-18)28-25(29-24(21)30-32)27-14-17-31-15-6-3-7-16-31/h2,4-5,8-13H,3,6-7,14-17,26H2,1H3,(H,27,29,30). The van der Waals surface area contributed by atoms with Gasteiger partial charge in [-0.1, -0.05) is 36.8 Å². The van der Waals surface area contributed by atoms with E-state index >= 15 is 0 Å². The fourth-order valence-corrected chi connectivity index (χ4v) is 4.32. The molecule has 33 heavy (non-hydrogen) atoms. The van der Waals surface area contributed by atoms with Crippen molar-refractivity contribution in [2.24, 2.45) is 0 Å². The second kappa shape index (κ2) is 9.46. The van der Waals surface area contributed by atoms with E-state index in [0.717, 1.165) is 41.2 Å². The Hall–Kier alpha value is -3.65. The van der Waals surface area contributed by atoms with Crippen molar-refractivity contribution < 1.29 is 4.74 Å². The zero-order chi connectivity index (χ0) is 22.6. The fourth-order valence-electron chi connectivity index (χ4n) is 4.32. The van der Waals surface area contributed by atoms with Crippen LogP contribution in [0, 0.1) is 0 Å². The molecular formula is C25H29N7O. The average Bonchev–Trinajstić information content (AvgIpc) is 3.21. The van der Waals surface area contributed by atoms with Crippen LogP contribution in [-0.2, 0) is 0 Å². The van der Waals surface area contributed by atoms with E-state index in [9.17, 15) is 0 Å². The molecule has 0 radical (unpaired) electrons. The maximum atomic E-state index is 6.59. The zero-order valence-corrected chi connectivity index (χ0v) is 18.9. The SMILES string of the molecule is COc1ccc(-n2nc3nc(NCCN4CCCCC4)nc(-c4ccccc4)c3c2N)cc1. The Morgan fingerprint density at radius 2 is 1.73 bits per heavy atom. The van der Waals surface area contributed by atoms with Crippen LogP contribution in [0.15, 0.2) is 54.6 Å². The molecule has 8 nitrogen and oxygen atoms in total. The van der Waals surface area contributed by atoms with E-state index < -0.39 is 0 Å². The van der Waals surface area contributed by atoms with Crippen molar-refractivity contribution in [3.05, 3.63) is 54.6 Å². The van der Waals surface area contributed by atoms with Crippen molar-refractivity contribution in [1.29, 1.82) is 0 Å². The maximum Gasteiger partial charge on any atom is 0.225 e. The summed E-state index contributed by atoms with van der Waals surface area (Å²) in [5.74, 6) is 1.85. The van der Waals surface area contributed by atoms with Gasteiger partial charge in [-0.3, -0.25) is 0 Å². The largest absolute Gasteiger partial charge is 0.497 e. The summed E-state index contributed by atoms with van der Waals surface area (Å²) >= 11 is 0. The van der Waals surface area contributed by atoms with Crippen LogP contribution in [0.4, 0.5) is 11.8 Å². The number of rotatable bonds is 7. The molecule has 170 valence electrons. The van der Waals surface area contributed by atoms with Crippen LogP contribution >= 0.6 is 0 Å². The van der Waals surface area contributed by atoms with E-state index in [-0.39, 0.29) is 0 Å². The summed E-state index contributed by atoms with van der Waals surface area (Å²) in [6.07, 6.45) is 3.90. The highest BCUT2D eigenvalue weighted by atomic mass is 16.5. The van der Waals surface area contributed by atoms with Crippen LogP contribution in [0.2, 0.25) is 0 Å². The Balaban J connectivity index is 1.51. The van der Waals surface area contributed by atoms with E-state index in [4.69, 9.17) is 25.5 Å². The number of hydrogen-bond donors (Lipinski definition) is 2. The number of nitrogen functional groups attached to an aromatic ring is 1. The molecule has 5 rings (SSSR count). The first-order valence-corrected chi connectivity index (χ1v) is 11.5. The average molecular weight is 444 g/mol. The lowest BCUT2D eigenvalue weighted by Gasteiger charge is -2.26. The first kappa shape index (κ1) is 21.2. The van der Waals surface area contributed by atoms with Gasteiger partial charge in [-0.2, -0.15) is 4.98 Å². The topological polar surface area (TPSA) is 94.1 Å². The lowest BCUT2D eigenvalue weighted by molar-refractivity contribution is 0.237. The normalized spacial score (nSPS) is 14.5. The molecule has 3 N–H and O–H groups in total. The number of ether oxygens (including phenoxy) is 1. The van der Waals surface area contributed by atoms with Gasteiger partial charge in [0.05, 0.1) is 23.9 Å². The first-order valence-electron chi connectivity index (χ1n) is 11.5. The first-order chi connectivity index (χ1) is 16.2. The highest BCUT2D eigenvalue weighted by Crippen LogP contribution is 2.33. The molecule has 0 bridgehead atoms. The highest BCUT2D eigenvalue weighted by molar-refractivity contribution is 5.99. The summed E-state index contributed by atoms with van der Waals surface area (Å²) in [6, 6.07) is 17.7. The summed E-state index contributed by atoms with van der Waals surface area (Å²) < 4.78 is 6.98. The van der Waals surface area contributed by atoms with Crippen molar-refractivity contribution in [1.82, 2.24) is 24.6 Å². The third kappa shape index (κ3) is 4.47. The van der Waals surface area contributed by atoms with Gasteiger partial charge in [-0.15, -0.1) is 5.10 Å². The van der Waals surface area contributed by atoms with E-state index in [1.807, 2.05) is 54.6 Å². The van der Waals surface area contributed by atoms with Crippen molar-refractivity contribution >= 4 is 22.8 Å². The molecule has 3 heterocycles. The van der Waals surface area contributed by atoms with Crippen LogP contribution in [0.5, 0.6) is 5.75 Å². The molecule has 0 amide bonds. The Bertz CT molecular complexity index is 1220. The summed E-state index contributed by atoms with van der Waals surface area (Å²) in [4.78, 5) is 12.1. The van der Waals surface area contributed by atoms with Gasteiger partial charge in [0.1, 0.15) is 11.6 Å². The monoisotopic (exact) mass is 443 g/mol. The van der Waals surface area contributed by atoms with Gasteiger partial charge in [0.15, 0.2) is 5.65 Å². The second-order valence-electron chi connectivity index (χ2n) is 8.28. The third-order valence-electron chi connectivity index (χ3n) is 6.09. The molecule has 2 aromatic heterocycles. The van der Waals surface area contributed by atoms with Crippen LogP contribution in [0.1, 0.15) is 19.3 Å². The molecule has 1 saturated heterocycles. The van der Waals surface area contributed by atoms with Crippen LogP contribution in [0.3, 0.4) is 0 Å². The Morgan fingerprint density at radius 1 is 0.970 bits per heavy atom. The fraction of sp³-hybridized carbons (Fsp3) is 0.320. The number of piperidine rings is 1. The quantitative estimate of drug-likeness (QED) is 0.446. The van der Waals surface area contributed by atoms with Crippen LogP contribution in [0.25, 0.3) is 28.0 Å². The maximum absolute atomic E-state index is 6.59. The molecule has 0 aliphatic carbocycles. The number of benzene rings is 2. The minimum Gasteiger partial charge on any atom is -0.497 e. The molecule has 8 heteroatoms. The molecule has 0 spiro atoms. The number of methoxy groups -OCH3 is 1. The number of nitrogens with one attached hydrogen (secondary N) is 1. The van der Waals surface area contributed by atoms with Crippen molar-refractivity contribution in [2.75, 3.05) is 44.3 Å². The number of anilines is 2. The van der Waals surface area contributed by atoms with Gasteiger partial charge in [0.2, 0.25) is 5.95 Å². The number of hydrogen-bond acceptors (Lipinski definition) is 7. The predicted molar refractivity (Wildman–Crippen MR) is 132 cm³/mol. The minimum atomic E-state index is 0.508. The van der Waals surface area contributed by atoms with Crippen LogP contribution < -0.4 is 15.8 Å². The van der Waals surface area contributed by atoms with E-state index in [1.165, 1.54) is 32.4 Å². The number of likely N-dealkylation sites (tertiary alicyclic amines) is 1. The number of aromatic nitrogens is 4. The van der Waals surface area contributed by atoms with Gasteiger partial charge in [-0.25, -0.2) is 9.67 Å². The molecule has 1 aliphatic rings. The molecule has 0 unspecified atom stereocenters. The van der Waals surface area contributed by atoms with Gasteiger partial charge in [0, 0.05) is 18.7 Å². The Morgan fingerprint density at radius 3 is 2.45 bits per heavy atom. The van der Waals surface area contributed by atoms with Crippen molar-refractivity contribution in [3.8, 4) is 22.7 Å². The Labute approximate surface area is 193 Å². The summed E-state index contributed by atoms with van der Waals surface area (Å²) in [5.41, 5.74) is 9.75. The second-order valence-corrected chi connectivity index (χ2v) is 8.28. The smallest absolute Gasteiger partial charge is 0.225 e. The van der Waals surface area contributed by atoms with E-state index in [2.05, 4.69) is 10.2 Å². The van der Waals surface area contributed by atoms with Gasteiger partial charge in [0.25, 0.3) is 0 Å². The van der Waals surface area contributed by atoms with Gasteiger partial charge < -0.3 is 20.7 Å². The summed E-state index contributed by atoms with van der Waals surface area (Å²) in [5, 5.41) is 8.89. The molecule has 0 saturated carbocycles. The lowest BCUT2D eigenvalue weighted by Crippen LogP contribution is -2.33. The van der Waals surface area contributed by atoms with Crippen LogP contribution in [-0.4, -0.2) is 57.9 Å². The van der Waals surface area contributed by atoms with Gasteiger partial charge >= 0.3 is 0 Å². The number of nitrogens with zero attached hydrogens (tertiary/aromatic N) is 5. The molecule has 2 aromatic carbocycles. The van der Waals surface area contributed by atoms with E-state index in [1.54, 1.807) is 11.8 Å². The molecular weight excluding hydrogens is 414 g/mol. The zero-order valence-electron chi connectivity index (χ0n) is 18.9. The summed E-state index contributed by atoms with van der Waals surface area (Å²) in [7, 11) is 1.65. The molecule has 1 aliphatic heterocycles. The molecule has 1 fully saturated rings. The third-order valence-corrected chi connectivity index (χ3v) is 6.09. The highest BCUT2D eigenvalue weighted by Gasteiger charge is 2.19. The Kier molecular flexibility index (Phi) is 6.08. The summed E-state index contributed by atoms with van der Waals surface area (Å²) in [6.45, 7) is 4.10. The lowest BCUT2D eigenvalue weighted by atomic mass is 10.1. The minimum absolute atomic E-state index is 0.508. The number of nitrogens with two attached hydrogens (primary N) is 1.